The van der Waals surface area contributed by atoms with Gasteiger partial charge in [-0.15, -0.1) is 0 Å². The van der Waals surface area contributed by atoms with Crippen LogP contribution in [0.5, 0.6) is 5.75 Å². The number of fused-ring (bicyclic) bond motifs is 1. The Bertz CT molecular complexity index is 1420. The lowest BCUT2D eigenvalue weighted by Crippen LogP contribution is -2.31. The minimum absolute atomic E-state index is 0.120. The molecule has 1 saturated heterocycles. The van der Waals surface area contributed by atoms with E-state index in [0.717, 1.165) is 37.0 Å². The monoisotopic (exact) mass is 504 g/mol. The number of nitro benzene ring substituents is 1. The molecule has 0 bridgehead atoms. The molecule has 180 valence electrons. The Hall–Kier alpha value is -3.09. The zero-order chi connectivity index (χ0) is 24.5. The van der Waals surface area contributed by atoms with Gasteiger partial charge in [0.05, 0.1) is 27.7 Å². The summed E-state index contributed by atoms with van der Waals surface area (Å²) in [5, 5.41) is 11.2. The molecule has 10 nitrogen and oxygen atoms in total. The molecule has 3 aromatic rings. The fraction of sp³-hybridized carbons (Fsp3) is 0.364. The second-order valence-corrected chi connectivity index (χ2v) is 10.9. The van der Waals surface area contributed by atoms with E-state index in [1.54, 1.807) is 11.6 Å². The third kappa shape index (κ3) is 4.61. The van der Waals surface area contributed by atoms with Gasteiger partial charge in [0.25, 0.3) is 11.6 Å². The number of non-ortho nitro benzene ring substituents is 1. The highest BCUT2D eigenvalue weighted by Gasteiger charge is 2.25. The number of nitrogens with zero attached hydrogens (tertiary/aromatic N) is 4. The summed E-state index contributed by atoms with van der Waals surface area (Å²) < 4.78 is 34.9. The number of sulfonamides is 1. The Balaban J connectivity index is 1.65. The highest BCUT2D eigenvalue weighted by atomic mass is 32.2. The van der Waals surface area contributed by atoms with Gasteiger partial charge >= 0.3 is 0 Å². The second kappa shape index (κ2) is 9.65. The molecule has 0 radical (unpaired) electrons. The SMILES string of the molecule is COc1cc([N+](=O)[O-])cc2sc(=NC(=O)c3ccc(S(=O)(=O)N4CCCCCC4)cc3)n(C)c12. The van der Waals surface area contributed by atoms with E-state index in [-0.39, 0.29) is 16.1 Å². The quantitative estimate of drug-likeness (QED) is 0.387. The number of rotatable bonds is 5. The van der Waals surface area contributed by atoms with Crippen LogP contribution in [0.4, 0.5) is 5.69 Å². The van der Waals surface area contributed by atoms with Gasteiger partial charge in [0.2, 0.25) is 10.0 Å². The third-order valence-electron chi connectivity index (χ3n) is 5.78. The molecule has 1 amide bonds. The molecule has 0 unspecified atom stereocenters. The highest BCUT2D eigenvalue weighted by Crippen LogP contribution is 2.32. The molecule has 12 heteroatoms. The van der Waals surface area contributed by atoms with Crippen molar-refractivity contribution in [1.82, 2.24) is 8.87 Å². The van der Waals surface area contributed by atoms with Crippen LogP contribution in [0.15, 0.2) is 46.3 Å². The molecule has 4 rings (SSSR count). The van der Waals surface area contributed by atoms with Gasteiger partial charge in [-0.2, -0.15) is 9.30 Å². The minimum Gasteiger partial charge on any atom is -0.494 e. The standard InChI is InChI=1S/C22H24N4O6S2/c1-24-20-18(32-2)13-16(26(28)29)14-19(20)33-22(24)23-21(27)15-7-9-17(10-8-15)34(30,31)25-11-5-3-4-6-12-25/h7-10,13-14H,3-6,11-12H2,1-2H3. The predicted octanol–water partition coefficient (Wildman–Crippen LogP) is 3.46. The number of ether oxygens (including phenoxy) is 1. The average molecular weight is 505 g/mol. The van der Waals surface area contributed by atoms with Crippen LogP contribution in [0.2, 0.25) is 0 Å². The van der Waals surface area contributed by atoms with Gasteiger partial charge in [0.1, 0.15) is 5.52 Å². The molecule has 0 spiro atoms. The molecule has 2 aromatic carbocycles. The summed E-state index contributed by atoms with van der Waals surface area (Å²) in [5.41, 5.74) is 0.707. The Morgan fingerprint density at radius 1 is 1.12 bits per heavy atom. The van der Waals surface area contributed by atoms with Crippen molar-refractivity contribution in [2.24, 2.45) is 12.0 Å². The fourth-order valence-corrected chi connectivity index (χ4v) is 6.53. The van der Waals surface area contributed by atoms with Crippen LogP contribution in [0.25, 0.3) is 10.2 Å². The molecule has 1 aromatic heterocycles. The molecule has 0 atom stereocenters. The first-order valence-corrected chi connectivity index (χ1v) is 13.0. The second-order valence-electron chi connectivity index (χ2n) is 7.96. The van der Waals surface area contributed by atoms with Gasteiger partial charge < -0.3 is 9.30 Å². The van der Waals surface area contributed by atoms with Crippen molar-refractivity contribution >= 4 is 43.2 Å². The van der Waals surface area contributed by atoms with Crippen LogP contribution in [-0.2, 0) is 17.1 Å². The molecular weight excluding hydrogens is 480 g/mol. The highest BCUT2D eigenvalue weighted by molar-refractivity contribution is 7.89. The lowest BCUT2D eigenvalue weighted by Gasteiger charge is -2.19. The number of carbonyl (C=O) groups is 1. The number of hydrogen-bond acceptors (Lipinski definition) is 7. The summed E-state index contributed by atoms with van der Waals surface area (Å²) in [6, 6.07) is 8.50. The number of carbonyl (C=O) groups excluding carboxylic acids is 1. The molecule has 0 saturated carbocycles. The zero-order valence-corrected chi connectivity index (χ0v) is 20.4. The summed E-state index contributed by atoms with van der Waals surface area (Å²) in [4.78, 5) is 28.2. The van der Waals surface area contributed by atoms with Crippen molar-refractivity contribution in [3.63, 3.8) is 0 Å². The van der Waals surface area contributed by atoms with Gasteiger partial charge in [0.15, 0.2) is 10.6 Å². The van der Waals surface area contributed by atoms with Crippen molar-refractivity contribution < 1.29 is 22.9 Å². The molecule has 34 heavy (non-hydrogen) atoms. The Kier molecular flexibility index (Phi) is 6.82. The minimum atomic E-state index is -3.61. The van der Waals surface area contributed by atoms with Gasteiger partial charge in [-0.1, -0.05) is 24.2 Å². The summed E-state index contributed by atoms with van der Waals surface area (Å²) in [7, 11) is -0.502. The van der Waals surface area contributed by atoms with Gasteiger partial charge in [-0.05, 0) is 37.1 Å². The van der Waals surface area contributed by atoms with Crippen LogP contribution in [0.3, 0.4) is 0 Å². The molecule has 1 aliphatic rings. The van der Waals surface area contributed by atoms with Crippen molar-refractivity contribution in [3.05, 3.63) is 56.9 Å². The van der Waals surface area contributed by atoms with Crippen LogP contribution < -0.4 is 9.54 Å². The molecule has 1 aliphatic heterocycles. The average Bonchev–Trinajstić information content (AvgIpc) is 3.00. The van der Waals surface area contributed by atoms with Crippen LogP contribution in [-0.4, -0.2) is 48.3 Å². The maximum atomic E-state index is 12.9. The number of hydrogen-bond donors (Lipinski definition) is 0. The molecule has 0 N–H and O–H groups in total. The fourth-order valence-electron chi connectivity index (χ4n) is 3.95. The zero-order valence-electron chi connectivity index (χ0n) is 18.8. The molecular formula is C22H24N4O6S2. The van der Waals surface area contributed by atoms with E-state index in [9.17, 15) is 23.3 Å². The maximum absolute atomic E-state index is 12.9. The summed E-state index contributed by atoms with van der Waals surface area (Å²) >= 11 is 1.12. The lowest BCUT2D eigenvalue weighted by atomic mass is 10.2. The van der Waals surface area contributed by atoms with E-state index in [0.29, 0.717) is 33.9 Å². The van der Waals surface area contributed by atoms with Crippen LogP contribution in [0.1, 0.15) is 36.0 Å². The summed E-state index contributed by atoms with van der Waals surface area (Å²) in [6.07, 6.45) is 3.73. The van der Waals surface area contributed by atoms with Crippen molar-refractivity contribution in [2.75, 3.05) is 20.2 Å². The maximum Gasteiger partial charge on any atom is 0.279 e. The van der Waals surface area contributed by atoms with Crippen molar-refractivity contribution in [2.45, 2.75) is 30.6 Å². The topological polar surface area (TPSA) is 124 Å². The number of nitro groups is 1. The first kappa shape index (κ1) is 24.0. The van der Waals surface area contributed by atoms with E-state index >= 15 is 0 Å². The number of amides is 1. The van der Waals surface area contributed by atoms with E-state index < -0.39 is 20.9 Å². The van der Waals surface area contributed by atoms with E-state index in [1.807, 2.05) is 0 Å². The van der Waals surface area contributed by atoms with Crippen molar-refractivity contribution in [1.29, 1.82) is 0 Å². The normalized spacial score (nSPS) is 15.9. The number of thiazole rings is 1. The first-order chi connectivity index (χ1) is 16.2. The largest absolute Gasteiger partial charge is 0.494 e. The third-order valence-corrected chi connectivity index (χ3v) is 8.77. The lowest BCUT2D eigenvalue weighted by molar-refractivity contribution is -0.384. The molecule has 0 aliphatic carbocycles. The van der Waals surface area contributed by atoms with E-state index in [4.69, 9.17) is 4.74 Å². The first-order valence-electron chi connectivity index (χ1n) is 10.7. The van der Waals surface area contributed by atoms with Crippen molar-refractivity contribution in [3.8, 4) is 5.75 Å². The number of aryl methyl sites for hydroxylation is 1. The smallest absolute Gasteiger partial charge is 0.279 e. The Labute approximate surface area is 200 Å². The molecule has 2 heterocycles. The van der Waals surface area contributed by atoms with E-state index in [2.05, 4.69) is 4.99 Å². The van der Waals surface area contributed by atoms with Crippen LogP contribution in [0, 0.1) is 10.1 Å². The number of methoxy groups -OCH3 is 1. The summed E-state index contributed by atoms with van der Waals surface area (Å²) in [5.74, 6) is -0.241. The number of aromatic nitrogens is 1. The number of benzene rings is 2. The predicted molar refractivity (Wildman–Crippen MR) is 128 cm³/mol. The van der Waals surface area contributed by atoms with E-state index in [1.165, 1.54) is 47.8 Å². The van der Waals surface area contributed by atoms with Gasteiger partial charge in [0, 0.05) is 31.8 Å². The van der Waals surface area contributed by atoms with Crippen LogP contribution >= 0.6 is 11.3 Å². The Morgan fingerprint density at radius 3 is 2.35 bits per heavy atom. The van der Waals surface area contributed by atoms with Gasteiger partial charge in [-0.25, -0.2) is 8.42 Å². The molecule has 1 fully saturated rings. The van der Waals surface area contributed by atoms with Gasteiger partial charge in [-0.3, -0.25) is 14.9 Å². The summed E-state index contributed by atoms with van der Waals surface area (Å²) in [6.45, 7) is 1.00. The Morgan fingerprint density at radius 2 is 1.76 bits per heavy atom.